The average Bonchev–Trinajstić information content (AvgIpc) is 3.12. The maximum absolute atomic E-state index is 13.0. The summed E-state index contributed by atoms with van der Waals surface area (Å²) < 4.78 is 1.23. The smallest absolute Gasteiger partial charge is 0.253 e. The highest BCUT2D eigenvalue weighted by Crippen LogP contribution is 2.33. The van der Waals surface area contributed by atoms with E-state index in [1.165, 1.54) is 4.70 Å². The minimum absolute atomic E-state index is 0.125. The van der Waals surface area contributed by atoms with Crippen LogP contribution in [-0.4, -0.2) is 43.0 Å². The molecule has 1 aliphatic rings. The molecule has 1 atom stereocenters. The van der Waals surface area contributed by atoms with Crippen LogP contribution < -0.4 is 4.90 Å². The lowest BCUT2D eigenvalue weighted by Crippen LogP contribution is -2.39. The molecule has 3 aromatic rings. The number of piperidine rings is 1. The number of aromatic nitrogens is 1. The topological polar surface area (TPSA) is 36.4 Å². The number of carbonyl (C=O) groups excluding carboxylic acids is 1. The lowest BCUT2D eigenvalue weighted by molar-refractivity contribution is 0.0707. The third kappa shape index (κ3) is 3.31. The molecule has 0 N–H and O–H groups in total. The molecule has 134 valence electrons. The van der Waals surface area contributed by atoms with Gasteiger partial charge in [0.15, 0.2) is 0 Å². The fourth-order valence-electron chi connectivity index (χ4n) is 3.53. The Morgan fingerprint density at radius 1 is 1.19 bits per heavy atom. The highest BCUT2D eigenvalue weighted by Gasteiger charge is 2.27. The van der Waals surface area contributed by atoms with Crippen molar-refractivity contribution in [1.82, 2.24) is 9.88 Å². The van der Waals surface area contributed by atoms with E-state index < -0.39 is 0 Å². The van der Waals surface area contributed by atoms with Crippen molar-refractivity contribution in [3.63, 3.8) is 0 Å². The molecule has 1 amide bonds. The predicted molar refractivity (Wildman–Crippen MR) is 108 cm³/mol. The SMILES string of the molecule is CN(C)c1cccc(C(=O)N2CCCC(c3nc4ccccc4s3)C2)c1. The van der Waals surface area contributed by atoms with Gasteiger partial charge in [0, 0.05) is 44.4 Å². The van der Waals surface area contributed by atoms with Gasteiger partial charge in [0.25, 0.3) is 5.91 Å². The largest absolute Gasteiger partial charge is 0.378 e. The lowest BCUT2D eigenvalue weighted by atomic mass is 9.98. The van der Waals surface area contributed by atoms with Crippen LogP contribution in [0.15, 0.2) is 48.5 Å². The number of anilines is 1. The molecule has 0 radical (unpaired) electrons. The first-order valence-corrected chi connectivity index (χ1v) is 9.85. The second-order valence-electron chi connectivity index (χ2n) is 7.05. The summed E-state index contributed by atoms with van der Waals surface area (Å²) in [7, 11) is 3.99. The summed E-state index contributed by atoms with van der Waals surface area (Å²) in [4.78, 5) is 21.8. The van der Waals surface area contributed by atoms with Crippen molar-refractivity contribution in [2.75, 3.05) is 32.1 Å². The number of carbonyl (C=O) groups is 1. The third-order valence-electron chi connectivity index (χ3n) is 4.98. The summed E-state index contributed by atoms with van der Waals surface area (Å²) in [6, 6.07) is 16.1. The maximum Gasteiger partial charge on any atom is 0.253 e. The van der Waals surface area contributed by atoms with E-state index in [0.29, 0.717) is 5.92 Å². The van der Waals surface area contributed by atoms with E-state index in [-0.39, 0.29) is 5.91 Å². The van der Waals surface area contributed by atoms with Gasteiger partial charge in [-0.2, -0.15) is 0 Å². The van der Waals surface area contributed by atoms with Gasteiger partial charge in [-0.15, -0.1) is 11.3 Å². The number of fused-ring (bicyclic) bond motifs is 1. The summed E-state index contributed by atoms with van der Waals surface area (Å²) >= 11 is 1.76. The lowest BCUT2D eigenvalue weighted by Gasteiger charge is -2.32. The van der Waals surface area contributed by atoms with E-state index in [9.17, 15) is 4.79 Å². The number of rotatable bonds is 3. The second-order valence-corrected chi connectivity index (χ2v) is 8.12. The first-order chi connectivity index (χ1) is 12.6. The second kappa shape index (κ2) is 7.08. The van der Waals surface area contributed by atoms with Crippen LogP contribution in [0.3, 0.4) is 0 Å². The van der Waals surface area contributed by atoms with Crippen molar-refractivity contribution in [2.24, 2.45) is 0 Å². The van der Waals surface area contributed by atoms with Crippen molar-refractivity contribution in [2.45, 2.75) is 18.8 Å². The van der Waals surface area contributed by atoms with Crippen molar-refractivity contribution in [3.8, 4) is 0 Å². The van der Waals surface area contributed by atoms with E-state index in [2.05, 4.69) is 18.2 Å². The fraction of sp³-hybridized carbons (Fsp3) is 0.333. The molecule has 26 heavy (non-hydrogen) atoms. The standard InChI is InChI=1S/C21H23N3OS/c1-23(2)17-9-5-7-15(13-17)21(25)24-12-6-8-16(14-24)20-22-18-10-3-4-11-19(18)26-20/h3-5,7,9-11,13,16H,6,8,12,14H2,1-2H3. The molecule has 0 saturated carbocycles. The molecule has 5 heteroatoms. The van der Waals surface area contributed by atoms with E-state index in [1.54, 1.807) is 11.3 Å². The van der Waals surface area contributed by atoms with Gasteiger partial charge in [0.1, 0.15) is 0 Å². The van der Waals surface area contributed by atoms with Gasteiger partial charge in [-0.05, 0) is 43.2 Å². The Kier molecular flexibility index (Phi) is 4.64. The Morgan fingerprint density at radius 3 is 2.85 bits per heavy atom. The number of hydrogen-bond donors (Lipinski definition) is 0. The van der Waals surface area contributed by atoms with Crippen molar-refractivity contribution in [1.29, 1.82) is 0 Å². The molecule has 1 unspecified atom stereocenters. The Hall–Kier alpha value is -2.40. The number of benzene rings is 2. The fourth-order valence-corrected chi connectivity index (χ4v) is 4.62. The van der Waals surface area contributed by atoms with Crippen molar-refractivity contribution >= 4 is 33.1 Å². The van der Waals surface area contributed by atoms with Crippen LogP contribution >= 0.6 is 11.3 Å². The highest BCUT2D eigenvalue weighted by atomic mass is 32.1. The zero-order chi connectivity index (χ0) is 18.1. The highest BCUT2D eigenvalue weighted by molar-refractivity contribution is 7.18. The predicted octanol–water partition coefficient (Wildman–Crippen LogP) is 4.38. The maximum atomic E-state index is 13.0. The summed E-state index contributed by atoms with van der Waals surface area (Å²) in [6.45, 7) is 1.58. The Labute approximate surface area is 158 Å². The Morgan fingerprint density at radius 2 is 2.04 bits per heavy atom. The van der Waals surface area contributed by atoms with Crippen LogP contribution in [0.2, 0.25) is 0 Å². The van der Waals surface area contributed by atoms with Crippen LogP contribution in [0.4, 0.5) is 5.69 Å². The molecule has 1 aliphatic heterocycles. The molecule has 2 heterocycles. The van der Waals surface area contributed by atoms with Gasteiger partial charge >= 0.3 is 0 Å². The van der Waals surface area contributed by atoms with Crippen molar-refractivity contribution in [3.05, 3.63) is 59.1 Å². The molecule has 1 fully saturated rings. The first-order valence-electron chi connectivity index (χ1n) is 9.04. The molecule has 0 aliphatic carbocycles. The van der Waals surface area contributed by atoms with Gasteiger partial charge in [-0.25, -0.2) is 4.98 Å². The molecule has 4 rings (SSSR count). The minimum atomic E-state index is 0.125. The van der Waals surface area contributed by atoms with Gasteiger partial charge in [0.2, 0.25) is 0 Å². The van der Waals surface area contributed by atoms with Gasteiger partial charge in [-0.3, -0.25) is 4.79 Å². The third-order valence-corrected chi connectivity index (χ3v) is 6.18. The monoisotopic (exact) mass is 365 g/mol. The molecule has 1 aromatic heterocycles. The number of likely N-dealkylation sites (tertiary alicyclic amines) is 1. The number of para-hydroxylation sites is 1. The van der Waals surface area contributed by atoms with Crippen LogP contribution in [0.1, 0.15) is 34.1 Å². The molecule has 1 saturated heterocycles. The average molecular weight is 366 g/mol. The van der Waals surface area contributed by atoms with E-state index >= 15 is 0 Å². The van der Waals surface area contributed by atoms with Crippen LogP contribution in [-0.2, 0) is 0 Å². The van der Waals surface area contributed by atoms with Gasteiger partial charge < -0.3 is 9.80 Å². The number of thiazole rings is 1. The van der Waals surface area contributed by atoms with Gasteiger partial charge in [0.05, 0.1) is 15.2 Å². The molecule has 4 nitrogen and oxygen atoms in total. The summed E-state index contributed by atoms with van der Waals surface area (Å²) in [5.41, 5.74) is 2.88. The van der Waals surface area contributed by atoms with Gasteiger partial charge in [-0.1, -0.05) is 18.2 Å². The summed E-state index contributed by atoms with van der Waals surface area (Å²) in [5.74, 6) is 0.460. The molecular formula is C21H23N3OS. The summed E-state index contributed by atoms with van der Waals surface area (Å²) in [5, 5.41) is 1.16. The van der Waals surface area contributed by atoms with Crippen LogP contribution in [0, 0.1) is 0 Å². The molecular weight excluding hydrogens is 342 g/mol. The zero-order valence-electron chi connectivity index (χ0n) is 15.2. The molecule has 2 aromatic carbocycles. The number of nitrogens with zero attached hydrogens (tertiary/aromatic N) is 3. The van der Waals surface area contributed by atoms with Crippen LogP contribution in [0.25, 0.3) is 10.2 Å². The number of hydrogen-bond acceptors (Lipinski definition) is 4. The normalized spacial score (nSPS) is 17.5. The quantitative estimate of drug-likeness (QED) is 0.691. The van der Waals surface area contributed by atoms with Crippen molar-refractivity contribution < 1.29 is 4.79 Å². The Bertz CT molecular complexity index is 901. The van der Waals surface area contributed by atoms with E-state index in [1.807, 2.05) is 54.2 Å². The molecule has 0 bridgehead atoms. The van der Waals surface area contributed by atoms with E-state index in [0.717, 1.165) is 47.7 Å². The first kappa shape index (κ1) is 17.0. The number of amides is 1. The zero-order valence-corrected chi connectivity index (χ0v) is 16.0. The summed E-state index contributed by atoms with van der Waals surface area (Å²) in [6.07, 6.45) is 2.13. The molecule has 0 spiro atoms. The Balaban J connectivity index is 1.54. The minimum Gasteiger partial charge on any atom is -0.378 e. The van der Waals surface area contributed by atoms with E-state index in [4.69, 9.17) is 4.98 Å². The van der Waals surface area contributed by atoms with Crippen LogP contribution in [0.5, 0.6) is 0 Å².